The zero-order valence-corrected chi connectivity index (χ0v) is 25.5. The van der Waals surface area contributed by atoms with Crippen molar-refractivity contribution in [3.8, 4) is 11.1 Å². The maximum Gasteiger partial charge on any atom is 0.137 e. The van der Waals surface area contributed by atoms with Gasteiger partial charge < -0.3 is 13.7 Å². The minimum Gasteiger partial charge on any atom is -0.456 e. The van der Waals surface area contributed by atoms with Crippen LogP contribution in [0.2, 0.25) is 0 Å². The molecule has 2 heterocycles. The molecule has 0 saturated carbocycles. The predicted molar refractivity (Wildman–Crippen MR) is 191 cm³/mol. The number of rotatable bonds is 3. The monoisotopic (exact) mass is 591 g/mol. The number of para-hydroxylation sites is 1. The van der Waals surface area contributed by atoms with E-state index in [0.717, 1.165) is 60.9 Å². The van der Waals surface area contributed by atoms with Gasteiger partial charge in [0.2, 0.25) is 0 Å². The van der Waals surface area contributed by atoms with E-state index in [4.69, 9.17) is 8.83 Å². The zero-order valence-electron chi connectivity index (χ0n) is 25.5. The highest BCUT2D eigenvalue weighted by molar-refractivity contribution is 6.19. The first kappa shape index (κ1) is 25.5. The summed E-state index contributed by atoms with van der Waals surface area (Å²) in [5, 5.41) is 6.94. The van der Waals surface area contributed by atoms with Gasteiger partial charge in [0.15, 0.2) is 0 Å². The second kappa shape index (κ2) is 9.12. The second-order valence-electron chi connectivity index (χ2n) is 13.0. The molecule has 0 aliphatic heterocycles. The van der Waals surface area contributed by atoms with Crippen molar-refractivity contribution in [2.75, 3.05) is 4.90 Å². The van der Waals surface area contributed by atoms with Crippen LogP contribution in [0, 0.1) is 0 Å². The molecular weight excluding hydrogens is 562 g/mol. The van der Waals surface area contributed by atoms with Gasteiger partial charge in [0.25, 0.3) is 0 Å². The Hall–Kier alpha value is -5.80. The van der Waals surface area contributed by atoms with Crippen molar-refractivity contribution in [2.24, 2.45) is 0 Å². The molecule has 46 heavy (non-hydrogen) atoms. The molecule has 1 aliphatic rings. The van der Waals surface area contributed by atoms with Crippen LogP contribution in [0.1, 0.15) is 25.0 Å². The third-order valence-corrected chi connectivity index (χ3v) is 10.0. The number of furan rings is 2. The molecule has 0 N–H and O–H groups in total. The molecule has 218 valence electrons. The third-order valence-electron chi connectivity index (χ3n) is 10.0. The zero-order chi connectivity index (χ0) is 30.6. The van der Waals surface area contributed by atoms with Crippen molar-refractivity contribution in [1.82, 2.24) is 0 Å². The first-order valence-electron chi connectivity index (χ1n) is 15.8. The number of hydrogen-bond acceptors (Lipinski definition) is 3. The molecule has 0 saturated heterocycles. The predicted octanol–water partition coefficient (Wildman–Crippen LogP) is 12.4. The Morgan fingerprint density at radius 3 is 1.91 bits per heavy atom. The summed E-state index contributed by atoms with van der Waals surface area (Å²) in [6.07, 6.45) is 0. The summed E-state index contributed by atoms with van der Waals surface area (Å²) >= 11 is 0. The Labute approximate surface area is 265 Å². The summed E-state index contributed by atoms with van der Waals surface area (Å²) < 4.78 is 12.9. The molecule has 0 unspecified atom stereocenters. The van der Waals surface area contributed by atoms with Crippen LogP contribution in [0.4, 0.5) is 17.1 Å². The maximum atomic E-state index is 6.54. The van der Waals surface area contributed by atoms with E-state index >= 15 is 0 Å². The van der Waals surface area contributed by atoms with E-state index in [1.807, 2.05) is 12.1 Å². The molecule has 0 amide bonds. The van der Waals surface area contributed by atoms with E-state index in [0.29, 0.717) is 0 Å². The molecule has 0 spiro atoms. The summed E-state index contributed by atoms with van der Waals surface area (Å²) in [5.41, 5.74) is 11.9. The second-order valence-corrected chi connectivity index (χ2v) is 13.0. The standard InChI is InChI=1S/C43H29NO2/c1-43(2)36-13-7-5-11-31(36)32-19-16-27(23-37(32)43)44(28-17-20-34-33-12-6-8-14-38(33)45-40(34)24-28)29-18-21-35-41(25-29)46-39-22-15-26-9-3-4-10-30(26)42(35)39/h3-25H,1-2H3. The third kappa shape index (κ3) is 3.48. The maximum absolute atomic E-state index is 6.54. The van der Waals surface area contributed by atoms with Crippen LogP contribution in [-0.2, 0) is 5.41 Å². The van der Waals surface area contributed by atoms with E-state index < -0.39 is 0 Å². The highest BCUT2D eigenvalue weighted by Gasteiger charge is 2.35. The number of anilines is 3. The van der Waals surface area contributed by atoms with Gasteiger partial charge in [-0.2, -0.15) is 0 Å². The smallest absolute Gasteiger partial charge is 0.137 e. The van der Waals surface area contributed by atoms with E-state index in [9.17, 15) is 0 Å². The van der Waals surface area contributed by atoms with Crippen molar-refractivity contribution in [3.63, 3.8) is 0 Å². The van der Waals surface area contributed by atoms with E-state index in [1.54, 1.807) is 0 Å². The van der Waals surface area contributed by atoms with Gasteiger partial charge in [-0.1, -0.05) is 92.7 Å². The van der Waals surface area contributed by atoms with Crippen LogP contribution in [0.3, 0.4) is 0 Å². The van der Waals surface area contributed by atoms with Crippen molar-refractivity contribution in [1.29, 1.82) is 0 Å². The molecule has 3 nitrogen and oxygen atoms in total. The van der Waals surface area contributed by atoms with Gasteiger partial charge in [0.05, 0.1) is 0 Å². The molecule has 10 rings (SSSR count). The van der Waals surface area contributed by atoms with Gasteiger partial charge in [-0.05, 0) is 81.6 Å². The minimum atomic E-state index is -0.111. The molecular formula is C43H29NO2. The topological polar surface area (TPSA) is 29.5 Å². The normalized spacial score (nSPS) is 13.6. The molecule has 1 aliphatic carbocycles. The Morgan fingerprint density at radius 2 is 1.04 bits per heavy atom. The average molecular weight is 592 g/mol. The van der Waals surface area contributed by atoms with Crippen LogP contribution in [-0.4, -0.2) is 0 Å². The van der Waals surface area contributed by atoms with E-state index in [2.05, 4.69) is 146 Å². The SMILES string of the molecule is CC1(C)c2ccccc2-c2ccc(N(c3ccc4c(c3)oc3ccccc34)c3ccc4c(c3)oc3ccc5ccccc5c34)cc21. The Kier molecular flexibility index (Phi) is 5.06. The largest absolute Gasteiger partial charge is 0.456 e. The lowest BCUT2D eigenvalue weighted by atomic mass is 9.82. The molecule has 7 aromatic carbocycles. The summed E-state index contributed by atoms with van der Waals surface area (Å²) in [7, 11) is 0. The fourth-order valence-electron chi connectivity index (χ4n) is 7.81. The van der Waals surface area contributed by atoms with Gasteiger partial charge in [-0.15, -0.1) is 0 Å². The number of benzene rings is 7. The summed E-state index contributed by atoms with van der Waals surface area (Å²) in [5.74, 6) is 0. The Morgan fingerprint density at radius 1 is 0.435 bits per heavy atom. The molecule has 2 aromatic heterocycles. The van der Waals surface area contributed by atoms with Crippen LogP contribution in [0.5, 0.6) is 0 Å². The van der Waals surface area contributed by atoms with Crippen LogP contribution < -0.4 is 4.90 Å². The Bertz CT molecular complexity index is 2690. The van der Waals surface area contributed by atoms with Crippen LogP contribution >= 0.6 is 0 Å². The lowest BCUT2D eigenvalue weighted by Gasteiger charge is -2.28. The molecule has 0 atom stereocenters. The number of hydrogen-bond donors (Lipinski definition) is 0. The van der Waals surface area contributed by atoms with E-state index in [1.165, 1.54) is 33.0 Å². The Balaban J connectivity index is 1.20. The van der Waals surface area contributed by atoms with Gasteiger partial charge in [0.1, 0.15) is 22.3 Å². The lowest BCUT2D eigenvalue weighted by Crippen LogP contribution is -2.16. The van der Waals surface area contributed by atoms with Gasteiger partial charge in [0, 0.05) is 56.2 Å². The first-order chi connectivity index (χ1) is 22.5. The molecule has 3 heteroatoms. The van der Waals surface area contributed by atoms with Crippen molar-refractivity contribution >= 4 is 71.7 Å². The number of nitrogens with zero attached hydrogens (tertiary/aromatic N) is 1. The average Bonchev–Trinajstić information content (AvgIpc) is 3.72. The highest BCUT2D eigenvalue weighted by Crippen LogP contribution is 2.51. The van der Waals surface area contributed by atoms with E-state index in [-0.39, 0.29) is 5.41 Å². The molecule has 0 fully saturated rings. The van der Waals surface area contributed by atoms with Crippen LogP contribution in [0.15, 0.2) is 148 Å². The van der Waals surface area contributed by atoms with Crippen LogP contribution in [0.25, 0.3) is 65.8 Å². The van der Waals surface area contributed by atoms with Gasteiger partial charge in [-0.25, -0.2) is 0 Å². The lowest BCUT2D eigenvalue weighted by molar-refractivity contribution is 0.660. The van der Waals surface area contributed by atoms with Crippen molar-refractivity contribution in [2.45, 2.75) is 19.3 Å². The highest BCUT2D eigenvalue weighted by atomic mass is 16.3. The quantitative estimate of drug-likeness (QED) is 0.205. The summed E-state index contributed by atoms with van der Waals surface area (Å²) in [4.78, 5) is 2.33. The first-order valence-corrected chi connectivity index (χ1v) is 15.8. The van der Waals surface area contributed by atoms with Crippen molar-refractivity contribution < 1.29 is 8.83 Å². The minimum absolute atomic E-state index is 0.111. The van der Waals surface area contributed by atoms with Crippen molar-refractivity contribution in [3.05, 3.63) is 151 Å². The fourth-order valence-corrected chi connectivity index (χ4v) is 7.81. The summed E-state index contributed by atoms with van der Waals surface area (Å²) in [6.45, 7) is 4.66. The fraction of sp³-hybridized carbons (Fsp3) is 0.0698. The molecule has 0 bridgehead atoms. The van der Waals surface area contributed by atoms with Gasteiger partial charge >= 0.3 is 0 Å². The number of fused-ring (bicyclic) bond motifs is 11. The van der Waals surface area contributed by atoms with Gasteiger partial charge in [-0.3, -0.25) is 0 Å². The summed E-state index contributed by atoms with van der Waals surface area (Å²) in [6, 6.07) is 49.8. The molecule has 0 radical (unpaired) electrons. The molecule has 9 aromatic rings.